The monoisotopic (exact) mass is 688 g/mol. The summed E-state index contributed by atoms with van der Waals surface area (Å²) in [5, 5.41) is 7.82. The zero-order valence-corrected chi connectivity index (χ0v) is 28.5. The number of nitrogens with zero attached hydrogens (tertiary/aromatic N) is 3. The number of rotatable bonds is 10. The van der Waals surface area contributed by atoms with Gasteiger partial charge in [0.25, 0.3) is 5.91 Å². The number of amides is 2. The highest BCUT2D eigenvalue weighted by molar-refractivity contribution is 7.80. The highest BCUT2D eigenvalue weighted by atomic mass is 35.5. The molecule has 2 aromatic carbocycles. The van der Waals surface area contributed by atoms with E-state index in [1.807, 2.05) is 24.3 Å². The molecule has 2 aromatic heterocycles. The number of halogens is 1. The van der Waals surface area contributed by atoms with Crippen molar-refractivity contribution in [1.29, 1.82) is 0 Å². The van der Waals surface area contributed by atoms with Gasteiger partial charge < -0.3 is 35.0 Å². The summed E-state index contributed by atoms with van der Waals surface area (Å²) in [4.78, 5) is 31.9. The number of hydrogen-bond acceptors (Lipinski definition) is 7. The molecular weight excluding hydrogens is 648 g/mol. The van der Waals surface area contributed by atoms with Crippen LogP contribution in [0.1, 0.15) is 66.2 Å². The fraction of sp³-hybridized carbons (Fsp3) is 0.444. The molecule has 2 saturated heterocycles. The van der Waals surface area contributed by atoms with Gasteiger partial charge in [-0.15, -0.1) is 0 Å². The lowest BCUT2D eigenvalue weighted by Gasteiger charge is -2.51. The van der Waals surface area contributed by atoms with Crippen LogP contribution >= 0.6 is 23.8 Å². The van der Waals surface area contributed by atoms with Crippen LogP contribution in [-0.2, 0) is 16.1 Å². The van der Waals surface area contributed by atoms with Crippen molar-refractivity contribution in [3.8, 4) is 11.1 Å². The molecule has 3 aliphatic rings. The van der Waals surface area contributed by atoms with Gasteiger partial charge >= 0.3 is 0 Å². The van der Waals surface area contributed by atoms with Crippen molar-refractivity contribution in [1.82, 2.24) is 25.1 Å². The van der Waals surface area contributed by atoms with Crippen molar-refractivity contribution >= 4 is 51.5 Å². The number of hydrogen-bond donors (Lipinski definition) is 3. The summed E-state index contributed by atoms with van der Waals surface area (Å²) in [7, 11) is 0. The number of benzene rings is 2. The van der Waals surface area contributed by atoms with Crippen LogP contribution in [0, 0.1) is 11.3 Å². The first-order valence-corrected chi connectivity index (χ1v) is 17.6. The Morgan fingerprint density at radius 3 is 2.62 bits per heavy atom. The maximum Gasteiger partial charge on any atom is 0.288 e. The Hall–Kier alpha value is -3.77. The Balaban J connectivity index is 0.970. The standard InChI is InChI=1S/C36H41ClN6O4S/c37-31-25(4-5-28-29(23-2-1-3-24(16-23)33(38)48)21-43(32(28)31)27-6-14-46-15-7-27)19-41-34(44)26-17-36(18-26)8-11-42(12-9-36)13-10-40-35(45)30-20-39-22-47-30/h1-5,16,20-22,26-27H,6-15,17-19H2,(H2,38,48)(H,40,45)(H,41,44). The second kappa shape index (κ2) is 14.0. The Labute approximate surface area is 290 Å². The van der Waals surface area contributed by atoms with E-state index in [1.165, 1.54) is 12.6 Å². The van der Waals surface area contributed by atoms with Crippen LogP contribution in [0.2, 0.25) is 5.02 Å². The van der Waals surface area contributed by atoms with E-state index in [2.05, 4.69) is 43.4 Å². The van der Waals surface area contributed by atoms with Gasteiger partial charge in [-0.2, -0.15) is 0 Å². The molecule has 0 bridgehead atoms. The van der Waals surface area contributed by atoms with Crippen molar-refractivity contribution in [3.63, 3.8) is 0 Å². The zero-order chi connectivity index (χ0) is 33.3. The molecule has 2 amide bonds. The van der Waals surface area contributed by atoms with Crippen LogP contribution in [0.5, 0.6) is 0 Å². The molecule has 12 heteroatoms. The van der Waals surface area contributed by atoms with Crippen molar-refractivity contribution in [2.45, 2.75) is 51.1 Å². The zero-order valence-electron chi connectivity index (χ0n) is 26.9. The van der Waals surface area contributed by atoms with Gasteiger partial charge in [-0.05, 0) is 74.2 Å². The summed E-state index contributed by atoms with van der Waals surface area (Å²) in [6.07, 6.45) is 10.7. The third-order valence-corrected chi connectivity index (χ3v) is 11.2. The third kappa shape index (κ3) is 6.74. The summed E-state index contributed by atoms with van der Waals surface area (Å²) in [6, 6.07) is 12.4. The molecule has 1 spiro atoms. The molecule has 4 heterocycles. The van der Waals surface area contributed by atoms with Gasteiger partial charge in [0, 0.05) is 67.5 Å². The second-order valence-electron chi connectivity index (χ2n) is 13.5. The van der Waals surface area contributed by atoms with E-state index >= 15 is 0 Å². The predicted octanol–water partition coefficient (Wildman–Crippen LogP) is 5.47. The minimum Gasteiger partial charge on any atom is -0.438 e. The molecule has 4 aromatic rings. The smallest absolute Gasteiger partial charge is 0.288 e. The molecule has 48 heavy (non-hydrogen) atoms. The van der Waals surface area contributed by atoms with Crippen molar-refractivity contribution in [3.05, 3.63) is 77.1 Å². The minimum absolute atomic E-state index is 0.0267. The Morgan fingerprint density at radius 1 is 1.10 bits per heavy atom. The SMILES string of the molecule is NC(=S)c1cccc(-c2cn(C3CCOCC3)c3c(Cl)c(CNC(=O)C4CC5(CCN(CCNC(=O)c6cnco6)CC5)C4)ccc23)c1. The van der Waals surface area contributed by atoms with E-state index in [-0.39, 0.29) is 34.9 Å². The number of ether oxygens (including phenoxy) is 1. The number of fused-ring (bicyclic) bond motifs is 1. The van der Waals surface area contributed by atoms with Gasteiger partial charge in [0.15, 0.2) is 6.39 Å². The first-order valence-electron chi connectivity index (χ1n) is 16.8. The Bertz CT molecular complexity index is 1800. The number of oxazole rings is 1. The van der Waals surface area contributed by atoms with Crippen LogP contribution in [0.4, 0.5) is 0 Å². The van der Waals surface area contributed by atoms with Gasteiger partial charge in [0.2, 0.25) is 11.7 Å². The number of piperidine rings is 1. The number of carbonyl (C=O) groups is 2. The molecule has 0 radical (unpaired) electrons. The lowest BCUT2D eigenvalue weighted by atomic mass is 9.57. The van der Waals surface area contributed by atoms with Crippen LogP contribution < -0.4 is 16.4 Å². The van der Waals surface area contributed by atoms with Crippen molar-refractivity contribution in [2.24, 2.45) is 17.1 Å². The minimum atomic E-state index is -0.243. The summed E-state index contributed by atoms with van der Waals surface area (Å²) in [5.74, 6) is 0.110. The summed E-state index contributed by atoms with van der Waals surface area (Å²) in [5.41, 5.74) is 11.0. The van der Waals surface area contributed by atoms with E-state index < -0.39 is 0 Å². The Kier molecular flexibility index (Phi) is 9.55. The number of nitrogens with two attached hydrogens (primary N) is 1. The van der Waals surface area contributed by atoms with Gasteiger partial charge in [-0.25, -0.2) is 4.98 Å². The van der Waals surface area contributed by atoms with E-state index in [1.54, 1.807) is 0 Å². The van der Waals surface area contributed by atoms with Crippen LogP contribution in [0.3, 0.4) is 0 Å². The lowest BCUT2D eigenvalue weighted by molar-refractivity contribution is -0.135. The Morgan fingerprint density at radius 2 is 1.90 bits per heavy atom. The van der Waals surface area contributed by atoms with Crippen molar-refractivity contribution in [2.75, 3.05) is 39.4 Å². The number of nitrogens with one attached hydrogen (secondary N) is 2. The van der Waals surface area contributed by atoms with Crippen LogP contribution in [0.15, 0.2) is 59.6 Å². The van der Waals surface area contributed by atoms with Crippen LogP contribution in [-0.4, -0.2) is 70.6 Å². The number of likely N-dealkylation sites (tertiary alicyclic amines) is 1. The lowest BCUT2D eigenvalue weighted by Crippen LogP contribution is -2.51. The summed E-state index contributed by atoms with van der Waals surface area (Å²) in [6.45, 7) is 5.11. The molecule has 1 aliphatic carbocycles. The summed E-state index contributed by atoms with van der Waals surface area (Å²) < 4.78 is 13.0. The fourth-order valence-electron chi connectivity index (χ4n) is 7.71. The van der Waals surface area contributed by atoms with E-state index in [4.69, 9.17) is 38.7 Å². The van der Waals surface area contributed by atoms with Gasteiger partial charge in [0.1, 0.15) is 4.99 Å². The fourth-order valence-corrected chi connectivity index (χ4v) is 8.16. The number of thiocarbonyl (C=S) groups is 1. The van der Waals surface area contributed by atoms with Gasteiger partial charge in [-0.1, -0.05) is 54.2 Å². The molecule has 4 N–H and O–H groups in total. The van der Waals surface area contributed by atoms with Crippen LogP contribution in [0.25, 0.3) is 22.0 Å². The third-order valence-electron chi connectivity index (χ3n) is 10.5. The molecule has 252 valence electrons. The molecule has 0 atom stereocenters. The van der Waals surface area contributed by atoms with Gasteiger partial charge in [-0.3, -0.25) is 9.59 Å². The maximum absolute atomic E-state index is 13.3. The maximum atomic E-state index is 13.3. The van der Waals surface area contributed by atoms with E-state index in [9.17, 15) is 9.59 Å². The largest absolute Gasteiger partial charge is 0.438 e. The predicted molar refractivity (Wildman–Crippen MR) is 189 cm³/mol. The van der Waals surface area contributed by atoms with E-state index in [0.717, 1.165) is 91.3 Å². The van der Waals surface area contributed by atoms with Crippen molar-refractivity contribution < 1.29 is 18.7 Å². The normalized spacial score (nSPS) is 18.5. The number of aromatic nitrogens is 2. The van der Waals surface area contributed by atoms with E-state index in [0.29, 0.717) is 36.3 Å². The highest BCUT2D eigenvalue weighted by Crippen LogP contribution is 2.52. The molecule has 2 aliphatic heterocycles. The highest BCUT2D eigenvalue weighted by Gasteiger charge is 2.48. The first kappa shape index (κ1) is 32.8. The first-order chi connectivity index (χ1) is 23.3. The molecule has 1 saturated carbocycles. The molecule has 3 fully saturated rings. The van der Waals surface area contributed by atoms with Gasteiger partial charge in [0.05, 0.1) is 16.7 Å². The molecule has 10 nitrogen and oxygen atoms in total. The average Bonchev–Trinajstić information content (AvgIpc) is 3.77. The molecule has 0 unspecified atom stereocenters. The topological polar surface area (TPSA) is 128 Å². The average molecular weight is 689 g/mol. The summed E-state index contributed by atoms with van der Waals surface area (Å²) >= 11 is 12.4. The quantitative estimate of drug-likeness (QED) is 0.187. The number of carbonyl (C=O) groups excluding carboxylic acids is 2. The molecule has 7 rings (SSSR count). The molecular formula is C36H41ClN6O4S. The second-order valence-corrected chi connectivity index (χ2v) is 14.3.